The van der Waals surface area contributed by atoms with E-state index in [0.29, 0.717) is 25.3 Å². The first-order chi connectivity index (χ1) is 7.15. The van der Waals surface area contributed by atoms with E-state index in [1.165, 1.54) is 0 Å². The Bertz CT molecular complexity index is 355. The predicted molar refractivity (Wildman–Crippen MR) is 65.3 cm³/mol. The summed E-state index contributed by atoms with van der Waals surface area (Å²) in [6.07, 6.45) is 0.713. The third-order valence-corrected chi connectivity index (χ3v) is 2.45. The maximum atomic E-state index is 10.9. The summed E-state index contributed by atoms with van der Waals surface area (Å²) in [6.45, 7) is 0.976. The minimum atomic E-state index is -0.976. The summed E-state index contributed by atoms with van der Waals surface area (Å²) in [7, 11) is 0. The molecule has 82 valence electrons. The Morgan fingerprint density at radius 1 is 1.53 bits per heavy atom. The number of carboxylic acid groups (broad SMARTS) is 1. The van der Waals surface area contributed by atoms with Crippen LogP contribution in [0.3, 0.4) is 0 Å². The lowest BCUT2D eigenvalue weighted by atomic mass is 10.2. The second-order valence-corrected chi connectivity index (χ2v) is 4.18. The van der Waals surface area contributed by atoms with Gasteiger partial charge in [-0.25, -0.2) is 4.79 Å². The number of carboxylic acids is 1. The highest BCUT2D eigenvalue weighted by Gasteiger charge is 2.11. The van der Waals surface area contributed by atoms with E-state index in [4.69, 9.17) is 15.6 Å². The summed E-state index contributed by atoms with van der Waals surface area (Å²) in [5.41, 5.74) is 5.51. The fraction of sp³-hybridized carbons (Fsp3) is 0.300. The quantitative estimate of drug-likeness (QED) is 0.640. The van der Waals surface area contributed by atoms with Gasteiger partial charge in [-0.2, -0.15) is 0 Å². The summed E-state index contributed by atoms with van der Waals surface area (Å²) < 4.78 is 6.20. The van der Waals surface area contributed by atoms with E-state index in [1.807, 2.05) is 6.07 Å². The zero-order valence-electron chi connectivity index (χ0n) is 8.07. The molecule has 0 heterocycles. The van der Waals surface area contributed by atoms with Crippen LogP contribution in [0.4, 0.5) is 0 Å². The molecule has 0 saturated carbocycles. The number of carbonyl (C=O) groups is 1. The van der Waals surface area contributed by atoms with Gasteiger partial charge in [0.2, 0.25) is 0 Å². The molecule has 0 saturated heterocycles. The molecule has 0 bridgehead atoms. The monoisotopic (exact) mass is 321 g/mol. The molecule has 0 aromatic heterocycles. The van der Waals surface area contributed by atoms with Crippen LogP contribution in [-0.4, -0.2) is 24.2 Å². The average molecular weight is 321 g/mol. The molecule has 0 aliphatic rings. The predicted octanol–water partition coefficient (Wildman–Crippen LogP) is 1.72. The van der Waals surface area contributed by atoms with Gasteiger partial charge in [0.1, 0.15) is 11.3 Å². The largest absolute Gasteiger partial charge is 0.493 e. The van der Waals surface area contributed by atoms with Gasteiger partial charge >= 0.3 is 5.97 Å². The number of hydrogen-bond acceptors (Lipinski definition) is 3. The van der Waals surface area contributed by atoms with E-state index in [-0.39, 0.29) is 5.56 Å². The molecule has 15 heavy (non-hydrogen) atoms. The Morgan fingerprint density at radius 2 is 2.27 bits per heavy atom. The van der Waals surface area contributed by atoms with Crippen LogP contribution in [-0.2, 0) is 0 Å². The summed E-state index contributed by atoms with van der Waals surface area (Å²) in [5, 5.41) is 8.94. The molecule has 4 nitrogen and oxygen atoms in total. The van der Waals surface area contributed by atoms with E-state index in [9.17, 15) is 4.79 Å². The van der Waals surface area contributed by atoms with Gasteiger partial charge in [-0.1, -0.05) is 0 Å². The Balaban J connectivity index is 2.81. The van der Waals surface area contributed by atoms with Crippen molar-refractivity contribution in [2.45, 2.75) is 6.42 Å². The van der Waals surface area contributed by atoms with Crippen LogP contribution in [0.5, 0.6) is 5.75 Å². The molecule has 0 atom stereocenters. The smallest absolute Gasteiger partial charge is 0.339 e. The van der Waals surface area contributed by atoms with Gasteiger partial charge in [-0.15, -0.1) is 0 Å². The van der Waals surface area contributed by atoms with Crippen LogP contribution in [0.15, 0.2) is 18.2 Å². The molecular formula is C10H12INO3. The molecule has 1 aromatic rings. The molecule has 1 rings (SSSR count). The third kappa shape index (κ3) is 3.67. The average Bonchev–Trinajstić information content (AvgIpc) is 2.20. The highest BCUT2D eigenvalue weighted by molar-refractivity contribution is 14.1. The number of rotatable bonds is 5. The Hall–Kier alpha value is -0.820. The van der Waals surface area contributed by atoms with Crippen molar-refractivity contribution in [3.63, 3.8) is 0 Å². The van der Waals surface area contributed by atoms with Crippen molar-refractivity contribution in [1.29, 1.82) is 0 Å². The summed E-state index contributed by atoms with van der Waals surface area (Å²) >= 11 is 2.06. The lowest BCUT2D eigenvalue weighted by Crippen LogP contribution is -2.08. The van der Waals surface area contributed by atoms with Gasteiger partial charge in [-0.3, -0.25) is 0 Å². The number of ether oxygens (including phenoxy) is 1. The fourth-order valence-corrected chi connectivity index (χ4v) is 1.55. The topological polar surface area (TPSA) is 72.5 Å². The first-order valence-electron chi connectivity index (χ1n) is 4.51. The van der Waals surface area contributed by atoms with Gasteiger partial charge in [-0.05, 0) is 53.8 Å². The van der Waals surface area contributed by atoms with Gasteiger partial charge in [0.05, 0.1) is 6.61 Å². The molecule has 0 aliphatic carbocycles. The summed E-state index contributed by atoms with van der Waals surface area (Å²) in [5.74, 6) is -0.576. The zero-order chi connectivity index (χ0) is 11.3. The maximum Gasteiger partial charge on any atom is 0.339 e. The minimum absolute atomic E-state index is 0.193. The van der Waals surface area contributed by atoms with Crippen molar-refractivity contribution in [1.82, 2.24) is 0 Å². The normalized spacial score (nSPS) is 10.0. The molecule has 0 radical (unpaired) electrons. The van der Waals surface area contributed by atoms with Crippen molar-refractivity contribution in [2.75, 3.05) is 13.2 Å². The van der Waals surface area contributed by atoms with E-state index < -0.39 is 5.97 Å². The van der Waals surface area contributed by atoms with E-state index >= 15 is 0 Å². The van der Waals surface area contributed by atoms with Crippen molar-refractivity contribution in [3.8, 4) is 5.75 Å². The maximum absolute atomic E-state index is 10.9. The van der Waals surface area contributed by atoms with Gasteiger partial charge in [0.15, 0.2) is 0 Å². The third-order valence-electron chi connectivity index (χ3n) is 1.78. The standard InChI is InChI=1S/C10H12INO3/c11-7-2-3-9(15-5-1-4-12)8(6-7)10(13)14/h2-3,6H,1,4-5,12H2,(H,13,14). The Labute approximate surface area is 102 Å². The molecule has 1 aromatic carbocycles. The Kier molecular flexibility index (Phi) is 4.83. The van der Waals surface area contributed by atoms with E-state index in [1.54, 1.807) is 12.1 Å². The van der Waals surface area contributed by atoms with Gasteiger partial charge in [0.25, 0.3) is 0 Å². The molecule has 0 aliphatic heterocycles. The molecule has 5 heteroatoms. The van der Waals surface area contributed by atoms with Crippen LogP contribution < -0.4 is 10.5 Å². The van der Waals surface area contributed by atoms with Crippen molar-refractivity contribution in [3.05, 3.63) is 27.3 Å². The summed E-state index contributed by atoms with van der Waals surface area (Å²) in [6, 6.07) is 5.06. The summed E-state index contributed by atoms with van der Waals surface area (Å²) in [4.78, 5) is 10.9. The zero-order valence-corrected chi connectivity index (χ0v) is 10.2. The second-order valence-electron chi connectivity index (χ2n) is 2.94. The number of benzene rings is 1. The second kappa shape index (κ2) is 5.92. The lowest BCUT2D eigenvalue weighted by Gasteiger charge is -2.08. The van der Waals surface area contributed by atoms with Crippen molar-refractivity contribution in [2.24, 2.45) is 5.73 Å². The number of nitrogens with two attached hydrogens (primary N) is 1. The van der Waals surface area contributed by atoms with Crippen molar-refractivity contribution >= 4 is 28.6 Å². The van der Waals surface area contributed by atoms with Gasteiger partial charge < -0.3 is 15.6 Å². The van der Waals surface area contributed by atoms with Crippen LogP contribution >= 0.6 is 22.6 Å². The minimum Gasteiger partial charge on any atom is -0.493 e. The molecular weight excluding hydrogens is 309 g/mol. The molecule has 0 spiro atoms. The van der Waals surface area contributed by atoms with E-state index in [0.717, 1.165) is 3.57 Å². The van der Waals surface area contributed by atoms with Crippen LogP contribution in [0, 0.1) is 3.57 Å². The molecule has 0 amide bonds. The number of aromatic carboxylic acids is 1. The van der Waals surface area contributed by atoms with Crippen LogP contribution in [0.2, 0.25) is 0 Å². The number of hydrogen-bond donors (Lipinski definition) is 2. The van der Waals surface area contributed by atoms with Gasteiger partial charge in [0, 0.05) is 3.57 Å². The highest BCUT2D eigenvalue weighted by atomic mass is 127. The fourth-order valence-electron chi connectivity index (χ4n) is 1.06. The molecule has 0 unspecified atom stereocenters. The van der Waals surface area contributed by atoms with E-state index in [2.05, 4.69) is 22.6 Å². The van der Waals surface area contributed by atoms with Crippen molar-refractivity contribution < 1.29 is 14.6 Å². The first-order valence-corrected chi connectivity index (χ1v) is 5.58. The highest BCUT2D eigenvalue weighted by Crippen LogP contribution is 2.21. The SMILES string of the molecule is NCCCOc1ccc(I)cc1C(=O)O. The van der Waals surface area contributed by atoms with Crippen LogP contribution in [0.25, 0.3) is 0 Å². The first kappa shape index (κ1) is 12.3. The van der Waals surface area contributed by atoms with Crippen LogP contribution in [0.1, 0.15) is 16.8 Å². The lowest BCUT2D eigenvalue weighted by molar-refractivity contribution is 0.0692. The molecule has 3 N–H and O–H groups in total. The molecule has 0 fully saturated rings. The Morgan fingerprint density at radius 3 is 2.87 bits per heavy atom. The number of halogens is 1.